The molecule has 2 aliphatic rings. The molecule has 2 heterocycles. The van der Waals surface area contributed by atoms with E-state index in [9.17, 15) is 18.8 Å². The van der Waals surface area contributed by atoms with E-state index in [0.29, 0.717) is 16.9 Å². The number of fused-ring (bicyclic) bond motifs is 1. The van der Waals surface area contributed by atoms with Crippen LogP contribution in [0.25, 0.3) is 5.57 Å². The number of hydrogen-bond acceptors (Lipinski definition) is 5. The van der Waals surface area contributed by atoms with Crippen molar-refractivity contribution in [2.24, 2.45) is 4.99 Å². The highest BCUT2D eigenvalue weighted by Gasteiger charge is 2.40. The number of amidine groups is 1. The Kier molecular flexibility index (Phi) is 4.12. The standard InChI is InChI=1S/C19H12FN3O3S/c1-10(24)23-14-5-3-2-4-13(14)15(18(23)26)16-17(25)22-19(27-16)21-12-8-6-11(20)7-9-12/h2-9H,1H3,(H,21,22,25). The first kappa shape index (κ1) is 17.2. The molecule has 1 fully saturated rings. The second-order valence-electron chi connectivity index (χ2n) is 5.83. The number of carbonyl (C=O) groups excluding carboxylic acids is 3. The normalized spacial score (nSPS) is 20.2. The van der Waals surface area contributed by atoms with Gasteiger partial charge >= 0.3 is 0 Å². The minimum atomic E-state index is -0.538. The Morgan fingerprint density at radius 1 is 1.11 bits per heavy atom. The number of nitrogens with zero attached hydrogens (tertiary/aromatic N) is 2. The van der Waals surface area contributed by atoms with Crippen LogP contribution in [0.1, 0.15) is 12.5 Å². The summed E-state index contributed by atoms with van der Waals surface area (Å²) in [5.74, 6) is -1.82. The first-order valence-corrected chi connectivity index (χ1v) is 8.79. The molecular weight excluding hydrogens is 369 g/mol. The van der Waals surface area contributed by atoms with Crippen LogP contribution in [-0.4, -0.2) is 22.9 Å². The van der Waals surface area contributed by atoms with Crippen molar-refractivity contribution < 1.29 is 18.8 Å². The van der Waals surface area contributed by atoms with Crippen LogP contribution >= 0.6 is 11.8 Å². The predicted molar refractivity (Wildman–Crippen MR) is 101 cm³/mol. The Bertz CT molecular complexity index is 1060. The zero-order valence-corrected chi connectivity index (χ0v) is 14.8. The maximum absolute atomic E-state index is 13.0. The second-order valence-corrected chi connectivity index (χ2v) is 6.83. The first-order chi connectivity index (χ1) is 13.0. The minimum absolute atomic E-state index is 0.174. The minimum Gasteiger partial charge on any atom is -0.300 e. The number of hydrogen-bond donors (Lipinski definition) is 1. The smallest absolute Gasteiger partial charge is 0.267 e. The van der Waals surface area contributed by atoms with E-state index < -0.39 is 17.7 Å². The quantitative estimate of drug-likeness (QED) is 0.771. The maximum Gasteiger partial charge on any atom is 0.267 e. The van der Waals surface area contributed by atoms with Gasteiger partial charge in [-0.05, 0) is 42.1 Å². The van der Waals surface area contributed by atoms with E-state index in [1.807, 2.05) is 0 Å². The summed E-state index contributed by atoms with van der Waals surface area (Å²) in [6, 6.07) is 12.3. The van der Waals surface area contributed by atoms with Crippen LogP contribution in [0.2, 0.25) is 0 Å². The molecule has 2 aromatic rings. The molecule has 27 heavy (non-hydrogen) atoms. The van der Waals surface area contributed by atoms with Gasteiger partial charge in [-0.25, -0.2) is 14.3 Å². The van der Waals surface area contributed by atoms with Crippen LogP contribution in [0.4, 0.5) is 15.8 Å². The lowest BCUT2D eigenvalue weighted by molar-refractivity contribution is -0.122. The average molecular weight is 381 g/mol. The van der Waals surface area contributed by atoms with Gasteiger partial charge in [-0.1, -0.05) is 18.2 Å². The Morgan fingerprint density at radius 2 is 1.81 bits per heavy atom. The zero-order chi connectivity index (χ0) is 19.1. The van der Waals surface area contributed by atoms with E-state index in [4.69, 9.17) is 0 Å². The van der Waals surface area contributed by atoms with Crippen LogP contribution in [-0.2, 0) is 14.4 Å². The maximum atomic E-state index is 13.0. The second kappa shape index (κ2) is 6.48. The Labute approximate surface area is 157 Å². The van der Waals surface area contributed by atoms with E-state index in [0.717, 1.165) is 16.7 Å². The van der Waals surface area contributed by atoms with Crippen LogP contribution in [0.15, 0.2) is 58.4 Å². The van der Waals surface area contributed by atoms with E-state index in [-0.39, 0.29) is 21.5 Å². The molecule has 6 nitrogen and oxygen atoms in total. The summed E-state index contributed by atoms with van der Waals surface area (Å²) in [6.07, 6.45) is 0. The van der Waals surface area contributed by atoms with Crippen molar-refractivity contribution in [1.29, 1.82) is 0 Å². The van der Waals surface area contributed by atoms with Gasteiger partial charge in [0.1, 0.15) is 5.82 Å². The predicted octanol–water partition coefficient (Wildman–Crippen LogP) is 2.98. The number of aliphatic imine (C=N–C) groups is 1. The lowest BCUT2D eigenvalue weighted by Gasteiger charge is -2.11. The van der Waals surface area contributed by atoms with Gasteiger partial charge in [0.2, 0.25) is 5.91 Å². The monoisotopic (exact) mass is 381 g/mol. The third-order valence-corrected chi connectivity index (χ3v) is 5.04. The highest BCUT2D eigenvalue weighted by molar-refractivity contribution is 8.18. The third-order valence-electron chi connectivity index (χ3n) is 4.06. The third kappa shape index (κ3) is 2.93. The molecule has 0 unspecified atom stereocenters. The largest absolute Gasteiger partial charge is 0.300 e. The molecule has 0 bridgehead atoms. The molecule has 0 atom stereocenters. The van der Waals surface area contributed by atoms with Crippen molar-refractivity contribution in [3.05, 3.63) is 64.8 Å². The lowest BCUT2D eigenvalue weighted by Crippen LogP contribution is -2.31. The van der Waals surface area contributed by atoms with E-state index in [2.05, 4.69) is 10.3 Å². The van der Waals surface area contributed by atoms with Gasteiger partial charge in [-0.3, -0.25) is 14.4 Å². The number of carbonyl (C=O) groups is 3. The first-order valence-electron chi connectivity index (χ1n) is 7.98. The molecule has 1 N–H and O–H groups in total. The number of benzene rings is 2. The number of halogens is 1. The van der Waals surface area contributed by atoms with Gasteiger partial charge in [-0.2, -0.15) is 0 Å². The Balaban J connectivity index is 1.77. The molecule has 134 valence electrons. The van der Waals surface area contributed by atoms with E-state index in [1.54, 1.807) is 24.3 Å². The molecule has 0 aromatic heterocycles. The van der Waals surface area contributed by atoms with Crippen LogP contribution < -0.4 is 10.2 Å². The molecule has 2 aliphatic heterocycles. The van der Waals surface area contributed by atoms with Crippen LogP contribution in [0, 0.1) is 5.82 Å². The molecular formula is C19H12FN3O3S. The molecule has 0 saturated carbocycles. The highest BCUT2D eigenvalue weighted by atomic mass is 32.2. The summed E-state index contributed by atoms with van der Waals surface area (Å²) >= 11 is 1.01. The number of imide groups is 1. The molecule has 1 saturated heterocycles. The van der Waals surface area contributed by atoms with Gasteiger partial charge in [0.05, 0.1) is 21.9 Å². The topological polar surface area (TPSA) is 78.8 Å². The number of para-hydroxylation sites is 1. The average Bonchev–Trinajstić information content (AvgIpc) is 3.13. The SMILES string of the molecule is CC(=O)N1C(=O)C(=C2SC(=Nc3ccc(F)cc3)NC2=O)c2ccccc21. The number of rotatable bonds is 1. The Hall–Kier alpha value is -3.26. The van der Waals surface area contributed by atoms with Gasteiger partial charge in [0.15, 0.2) is 5.17 Å². The number of amides is 3. The van der Waals surface area contributed by atoms with Crippen molar-refractivity contribution in [2.45, 2.75) is 6.92 Å². The van der Waals surface area contributed by atoms with Crippen molar-refractivity contribution in [3.63, 3.8) is 0 Å². The van der Waals surface area contributed by atoms with Gasteiger partial charge in [-0.15, -0.1) is 0 Å². The molecule has 0 aliphatic carbocycles. The van der Waals surface area contributed by atoms with E-state index >= 15 is 0 Å². The number of thioether (sulfide) groups is 1. The molecule has 8 heteroatoms. The lowest BCUT2D eigenvalue weighted by atomic mass is 10.1. The van der Waals surface area contributed by atoms with Gasteiger partial charge < -0.3 is 5.32 Å². The summed E-state index contributed by atoms with van der Waals surface area (Å²) in [4.78, 5) is 42.7. The Morgan fingerprint density at radius 3 is 2.52 bits per heavy atom. The highest BCUT2D eigenvalue weighted by Crippen LogP contribution is 2.42. The van der Waals surface area contributed by atoms with Crippen molar-refractivity contribution in [2.75, 3.05) is 4.90 Å². The summed E-state index contributed by atoms with van der Waals surface area (Å²) in [5.41, 5.74) is 1.62. The number of anilines is 1. The molecule has 0 radical (unpaired) electrons. The zero-order valence-electron chi connectivity index (χ0n) is 14.0. The van der Waals surface area contributed by atoms with Crippen molar-refractivity contribution >= 4 is 51.6 Å². The summed E-state index contributed by atoms with van der Waals surface area (Å²) in [7, 11) is 0. The van der Waals surface area contributed by atoms with Crippen molar-refractivity contribution in [1.82, 2.24) is 5.32 Å². The molecule has 3 amide bonds. The van der Waals surface area contributed by atoms with Crippen molar-refractivity contribution in [3.8, 4) is 0 Å². The fourth-order valence-electron chi connectivity index (χ4n) is 2.92. The summed E-state index contributed by atoms with van der Waals surface area (Å²) < 4.78 is 13.0. The van der Waals surface area contributed by atoms with Crippen LogP contribution in [0.5, 0.6) is 0 Å². The molecule has 2 aromatic carbocycles. The number of nitrogens with one attached hydrogen (secondary N) is 1. The van der Waals surface area contributed by atoms with Crippen LogP contribution in [0.3, 0.4) is 0 Å². The van der Waals surface area contributed by atoms with Gasteiger partial charge in [0.25, 0.3) is 11.8 Å². The summed E-state index contributed by atoms with van der Waals surface area (Å²) in [6.45, 7) is 1.30. The van der Waals surface area contributed by atoms with E-state index in [1.165, 1.54) is 31.2 Å². The summed E-state index contributed by atoms with van der Waals surface area (Å²) in [5, 5.41) is 2.88. The fourth-order valence-corrected chi connectivity index (χ4v) is 3.85. The molecule has 4 rings (SSSR count). The fraction of sp³-hybridized carbons (Fsp3) is 0.0526. The van der Waals surface area contributed by atoms with Gasteiger partial charge in [0, 0.05) is 12.5 Å². The molecule has 0 spiro atoms.